The number of aromatic hydroxyl groups is 1. The number of hydrogen-bond acceptors (Lipinski definition) is 3. The molecular formula is C15H26Cl2N2O. The maximum atomic E-state index is 9.40. The highest BCUT2D eigenvalue weighted by Crippen LogP contribution is 2.27. The lowest BCUT2D eigenvalue weighted by Crippen LogP contribution is -2.45. The van der Waals surface area contributed by atoms with Gasteiger partial charge in [-0.25, -0.2) is 0 Å². The van der Waals surface area contributed by atoms with E-state index in [4.69, 9.17) is 0 Å². The Bertz CT molecular complexity index is 353. The Balaban J connectivity index is 0.00000180. The molecule has 1 saturated heterocycles. The van der Waals surface area contributed by atoms with E-state index in [1.807, 2.05) is 0 Å². The van der Waals surface area contributed by atoms with Crippen LogP contribution in [0.5, 0.6) is 5.75 Å². The van der Waals surface area contributed by atoms with Crippen LogP contribution in [-0.4, -0.2) is 36.2 Å². The minimum atomic E-state index is 0. The quantitative estimate of drug-likeness (QED) is 0.873. The summed E-state index contributed by atoms with van der Waals surface area (Å²) in [6.07, 6.45) is 3.71. The maximum Gasteiger partial charge on any atom is 0.115 e. The van der Waals surface area contributed by atoms with Crippen LogP contribution < -0.4 is 5.32 Å². The third kappa shape index (κ3) is 5.49. The standard InChI is InChI=1S/C15H24N2O.2ClH/c1-2-3-4-15(17-11-9-16-10-12-17)13-5-7-14(18)8-6-13;;/h5-8,15-16,18H,2-4,9-12H2,1H3;2*1H/t15-;;/m0../s1. The minimum absolute atomic E-state index is 0. The summed E-state index contributed by atoms with van der Waals surface area (Å²) >= 11 is 0. The molecule has 20 heavy (non-hydrogen) atoms. The van der Waals surface area contributed by atoms with Crippen LogP contribution in [0, 0.1) is 0 Å². The fourth-order valence-corrected chi connectivity index (χ4v) is 2.65. The van der Waals surface area contributed by atoms with E-state index >= 15 is 0 Å². The molecule has 0 saturated carbocycles. The smallest absolute Gasteiger partial charge is 0.115 e. The van der Waals surface area contributed by atoms with Gasteiger partial charge in [0.2, 0.25) is 0 Å². The lowest BCUT2D eigenvalue weighted by Gasteiger charge is -2.35. The van der Waals surface area contributed by atoms with Gasteiger partial charge in [0, 0.05) is 32.2 Å². The van der Waals surface area contributed by atoms with E-state index in [0.717, 1.165) is 26.2 Å². The fourth-order valence-electron chi connectivity index (χ4n) is 2.65. The highest BCUT2D eigenvalue weighted by atomic mass is 35.5. The van der Waals surface area contributed by atoms with Crippen LogP contribution in [0.4, 0.5) is 0 Å². The van der Waals surface area contributed by atoms with Crippen molar-refractivity contribution in [3.8, 4) is 5.75 Å². The summed E-state index contributed by atoms with van der Waals surface area (Å²) in [5.41, 5.74) is 1.34. The summed E-state index contributed by atoms with van der Waals surface area (Å²) in [7, 11) is 0. The minimum Gasteiger partial charge on any atom is -0.508 e. The molecule has 1 aliphatic heterocycles. The van der Waals surface area contributed by atoms with Crippen molar-refractivity contribution in [3.63, 3.8) is 0 Å². The van der Waals surface area contributed by atoms with Gasteiger partial charge in [-0.2, -0.15) is 0 Å². The first kappa shape index (κ1) is 19.5. The normalized spacial score (nSPS) is 16.9. The van der Waals surface area contributed by atoms with Gasteiger partial charge in [-0.3, -0.25) is 4.90 Å². The molecule has 0 bridgehead atoms. The lowest BCUT2D eigenvalue weighted by atomic mass is 9.98. The van der Waals surface area contributed by atoms with E-state index in [1.54, 1.807) is 12.1 Å². The molecule has 1 heterocycles. The molecule has 1 aliphatic rings. The second-order valence-corrected chi connectivity index (χ2v) is 5.04. The molecule has 5 heteroatoms. The zero-order valence-corrected chi connectivity index (χ0v) is 13.7. The molecule has 0 radical (unpaired) electrons. The molecule has 3 nitrogen and oxygen atoms in total. The van der Waals surface area contributed by atoms with E-state index in [9.17, 15) is 5.11 Å². The molecule has 2 N–H and O–H groups in total. The Labute approximate surface area is 134 Å². The largest absolute Gasteiger partial charge is 0.508 e. The molecule has 0 spiro atoms. The summed E-state index contributed by atoms with van der Waals surface area (Å²) in [6, 6.07) is 8.25. The number of halogens is 2. The van der Waals surface area contributed by atoms with E-state index in [-0.39, 0.29) is 24.8 Å². The number of phenolic OH excluding ortho intramolecular Hbond substituents is 1. The van der Waals surface area contributed by atoms with Crippen molar-refractivity contribution in [3.05, 3.63) is 29.8 Å². The molecule has 1 fully saturated rings. The number of hydrogen-bond donors (Lipinski definition) is 2. The van der Waals surface area contributed by atoms with E-state index in [0.29, 0.717) is 11.8 Å². The predicted molar refractivity (Wildman–Crippen MR) is 89.3 cm³/mol. The van der Waals surface area contributed by atoms with Crippen LogP contribution in [0.1, 0.15) is 37.8 Å². The number of nitrogens with zero attached hydrogens (tertiary/aromatic N) is 1. The Morgan fingerprint density at radius 3 is 2.30 bits per heavy atom. The monoisotopic (exact) mass is 320 g/mol. The molecule has 0 aliphatic carbocycles. The molecule has 1 atom stereocenters. The van der Waals surface area contributed by atoms with Gasteiger partial charge in [-0.05, 0) is 24.1 Å². The molecule has 0 amide bonds. The molecule has 2 rings (SSSR count). The van der Waals surface area contributed by atoms with Gasteiger partial charge in [0.1, 0.15) is 5.75 Å². The van der Waals surface area contributed by atoms with E-state index in [1.165, 1.54) is 24.8 Å². The second kappa shape index (κ2) is 10.3. The summed E-state index contributed by atoms with van der Waals surface area (Å²) in [5.74, 6) is 0.355. The lowest BCUT2D eigenvalue weighted by molar-refractivity contribution is 0.163. The first-order chi connectivity index (χ1) is 8.81. The van der Waals surface area contributed by atoms with E-state index in [2.05, 4.69) is 29.3 Å². The summed E-state index contributed by atoms with van der Waals surface area (Å²) in [6.45, 7) is 6.65. The molecule has 1 aromatic rings. The number of piperazine rings is 1. The molecular weight excluding hydrogens is 295 g/mol. The molecule has 116 valence electrons. The molecule has 0 unspecified atom stereocenters. The fraction of sp³-hybridized carbons (Fsp3) is 0.600. The van der Waals surface area contributed by atoms with Crippen molar-refractivity contribution in [2.75, 3.05) is 26.2 Å². The molecule has 1 aromatic carbocycles. The van der Waals surface area contributed by atoms with Gasteiger partial charge in [0.05, 0.1) is 0 Å². The highest BCUT2D eigenvalue weighted by molar-refractivity contribution is 5.85. The van der Waals surface area contributed by atoms with Crippen LogP contribution in [-0.2, 0) is 0 Å². The van der Waals surface area contributed by atoms with Gasteiger partial charge in [-0.1, -0.05) is 31.9 Å². The Morgan fingerprint density at radius 2 is 1.75 bits per heavy atom. The third-order valence-corrected chi connectivity index (χ3v) is 3.70. The maximum absolute atomic E-state index is 9.40. The van der Waals surface area contributed by atoms with Gasteiger partial charge in [0.25, 0.3) is 0 Å². The van der Waals surface area contributed by atoms with Crippen LogP contribution in [0.2, 0.25) is 0 Å². The summed E-state index contributed by atoms with van der Waals surface area (Å²) in [5, 5.41) is 12.8. The number of unbranched alkanes of at least 4 members (excludes halogenated alkanes) is 1. The summed E-state index contributed by atoms with van der Waals surface area (Å²) in [4.78, 5) is 2.57. The van der Waals surface area contributed by atoms with Crippen LogP contribution in [0.15, 0.2) is 24.3 Å². The zero-order chi connectivity index (χ0) is 12.8. The van der Waals surface area contributed by atoms with Gasteiger partial charge < -0.3 is 10.4 Å². The van der Waals surface area contributed by atoms with Gasteiger partial charge in [-0.15, -0.1) is 24.8 Å². The molecule has 0 aromatic heterocycles. The third-order valence-electron chi connectivity index (χ3n) is 3.70. The number of nitrogens with one attached hydrogen (secondary N) is 1. The first-order valence-corrected chi connectivity index (χ1v) is 7.05. The number of benzene rings is 1. The average Bonchev–Trinajstić information content (AvgIpc) is 2.42. The van der Waals surface area contributed by atoms with Crippen molar-refractivity contribution in [1.82, 2.24) is 10.2 Å². The van der Waals surface area contributed by atoms with Crippen LogP contribution >= 0.6 is 24.8 Å². The average molecular weight is 321 g/mol. The van der Waals surface area contributed by atoms with Gasteiger partial charge in [0.15, 0.2) is 0 Å². The topological polar surface area (TPSA) is 35.5 Å². The first-order valence-electron chi connectivity index (χ1n) is 7.05. The summed E-state index contributed by atoms with van der Waals surface area (Å²) < 4.78 is 0. The van der Waals surface area contributed by atoms with Crippen LogP contribution in [0.3, 0.4) is 0 Å². The van der Waals surface area contributed by atoms with Crippen molar-refractivity contribution in [1.29, 1.82) is 0 Å². The number of rotatable bonds is 5. The highest BCUT2D eigenvalue weighted by Gasteiger charge is 2.21. The van der Waals surface area contributed by atoms with Crippen molar-refractivity contribution < 1.29 is 5.11 Å². The van der Waals surface area contributed by atoms with Crippen molar-refractivity contribution in [2.24, 2.45) is 0 Å². The zero-order valence-electron chi connectivity index (χ0n) is 12.0. The SMILES string of the molecule is CCCC[C@@H](c1ccc(O)cc1)N1CCNCC1.Cl.Cl. The Hall–Kier alpha value is -0.480. The Morgan fingerprint density at radius 1 is 1.15 bits per heavy atom. The van der Waals surface area contributed by atoms with Crippen LogP contribution in [0.25, 0.3) is 0 Å². The predicted octanol–water partition coefficient (Wildman–Crippen LogP) is 3.37. The van der Waals surface area contributed by atoms with E-state index < -0.39 is 0 Å². The van der Waals surface area contributed by atoms with Gasteiger partial charge >= 0.3 is 0 Å². The Kier molecular flexibility index (Phi) is 10.0. The van der Waals surface area contributed by atoms with Crippen molar-refractivity contribution >= 4 is 24.8 Å². The second-order valence-electron chi connectivity index (χ2n) is 5.04. The number of phenols is 1. The van der Waals surface area contributed by atoms with Crippen molar-refractivity contribution in [2.45, 2.75) is 32.2 Å².